The van der Waals surface area contributed by atoms with Gasteiger partial charge in [-0.15, -0.1) is 11.3 Å². The van der Waals surface area contributed by atoms with Crippen molar-refractivity contribution in [2.24, 2.45) is 0 Å². The summed E-state index contributed by atoms with van der Waals surface area (Å²) in [5.74, 6) is 3.53. The van der Waals surface area contributed by atoms with Crippen molar-refractivity contribution in [3.63, 3.8) is 0 Å². The molecule has 1 aliphatic heterocycles. The van der Waals surface area contributed by atoms with Crippen LogP contribution in [0.25, 0.3) is 10.2 Å². The first-order chi connectivity index (χ1) is 7.86. The van der Waals surface area contributed by atoms with E-state index in [1.165, 1.54) is 22.5 Å². The first kappa shape index (κ1) is 10.4. The first-order valence-corrected chi connectivity index (χ1v) is 7.41. The topological polar surface area (TPSA) is 29.0 Å². The molecule has 0 amide bonds. The van der Waals surface area contributed by atoms with Gasteiger partial charge in [0.15, 0.2) is 0 Å². The molecule has 3 nitrogen and oxygen atoms in total. The lowest BCUT2D eigenvalue weighted by Gasteiger charge is -2.27. The summed E-state index contributed by atoms with van der Waals surface area (Å²) in [4.78, 5) is 12.3. The summed E-state index contributed by atoms with van der Waals surface area (Å²) in [7, 11) is 0. The molecule has 2 aromatic heterocycles. The number of hydrogen-bond acceptors (Lipinski definition) is 5. The average molecular weight is 251 g/mol. The molecule has 2 aromatic rings. The van der Waals surface area contributed by atoms with E-state index in [9.17, 15) is 0 Å². The molecule has 0 atom stereocenters. The van der Waals surface area contributed by atoms with Gasteiger partial charge in [0.05, 0.1) is 5.39 Å². The van der Waals surface area contributed by atoms with Crippen LogP contribution in [-0.4, -0.2) is 34.6 Å². The number of fused-ring (bicyclic) bond motifs is 1. The van der Waals surface area contributed by atoms with Crippen molar-refractivity contribution in [1.29, 1.82) is 0 Å². The lowest BCUT2D eigenvalue weighted by Crippen LogP contribution is -2.33. The van der Waals surface area contributed by atoms with Gasteiger partial charge in [-0.2, -0.15) is 11.8 Å². The molecule has 1 saturated heterocycles. The molecule has 0 unspecified atom stereocenters. The maximum Gasteiger partial charge on any atom is 0.141 e. The molecule has 5 heteroatoms. The van der Waals surface area contributed by atoms with Crippen LogP contribution < -0.4 is 4.90 Å². The molecule has 0 aromatic carbocycles. The van der Waals surface area contributed by atoms with Crippen molar-refractivity contribution >= 4 is 39.1 Å². The quantitative estimate of drug-likeness (QED) is 0.779. The zero-order chi connectivity index (χ0) is 11.0. The third-order valence-electron chi connectivity index (χ3n) is 2.84. The molecule has 84 valence electrons. The molecule has 3 rings (SSSR count). The molecule has 0 N–H and O–H groups in total. The zero-order valence-electron chi connectivity index (χ0n) is 9.14. The predicted molar refractivity (Wildman–Crippen MR) is 71.7 cm³/mol. The number of hydrogen-bond donors (Lipinski definition) is 0. The molecule has 1 fully saturated rings. The van der Waals surface area contributed by atoms with Crippen LogP contribution in [0.2, 0.25) is 0 Å². The average Bonchev–Trinajstić information content (AvgIpc) is 2.73. The van der Waals surface area contributed by atoms with Gasteiger partial charge >= 0.3 is 0 Å². The van der Waals surface area contributed by atoms with Crippen molar-refractivity contribution in [2.75, 3.05) is 29.5 Å². The number of aryl methyl sites for hydroxylation is 1. The molecule has 16 heavy (non-hydrogen) atoms. The molecule has 3 heterocycles. The second-order valence-electron chi connectivity index (χ2n) is 3.90. The number of nitrogens with zero attached hydrogens (tertiary/aromatic N) is 3. The van der Waals surface area contributed by atoms with Crippen LogP contribution >= 0.6 is 23.1 Å². The van der Waals surface area contributed by atoms with Crippen LogP contribution in [-0.2, 0) is 0 Å². The van der Waals surface area contributed by atoms with Crippen molar-refractivity contribution < 1.29 is 0 Å². The Labute approximate surface area is 103 Å². The van der Waals surface area contributed by atoms with Gasteiger partial charge in [-0.25, -0.2) is 9.97 Å². The maximum absolute atomic E-state index is 4.48. The summed E-state index contributed by atoms with van der Waals surface area (Å²) in [6.45, 7) is 4.35. The largest absolute Gasteiger partial charge is 0.354 e. The maximum atomic E-state index is 4.48. The Balaban J connectivity index is 2.10. The minimum Gasteiger partial charge on any atom is -0.354 e. The van der Waals surface area contributed by atoms with E-state index >= 15 is 0 Å². The van der Waals surface area contributed by atoms with Gasteiger partial charge in [0, 0.05) is 24.6 Å². The number of thioether (sulfide) groups is 1. The van der Waals surface area contributed by atoms with Crippen molar-refractivity contribution in [3.8, 4) is 0 Å². The van der Waals surface area contributed by atoms with Crippen LogP contribution in [0.3, 0.4) is 0 Å². The van der Waals surface area contributed by atoms with Gasteiger partial charge < -0.3 is 4.90 Å². The molecule has 0 aliphatic carbocycles. The molecule has 0 radical (unpaired) electrons. The van der Waals surface area contributed by atoms with Crippen LogP contribution in [0, 0.1) is 6.92 Å². The van der Waals surface area contributed by atoms with Gasteiger partial charge in [0.25, 0.3) is 0 Å². The first-order valence-electron chi connectivity index (χ1n) is 5.38. The Morgan fingerprint density at radius 2 is 2.06 bits per heavy atom. The molecule has 0 spiro atoms. The predicted octanol–water partition coefficient (Wildman–Crippen LogP) is 2.55. The second kappa shape index (κ2) is 4.22. The fourth-order valence-corrected chi connectivity index (χ4v) is 3.80. The summed E-state index contributed by atoms with van der Waals surface area (Å²) in [6, 6.07) is 0. The SMILES string of the molecule is Cc1csc2ncnc(N3CCSCC3)c12. The van der Waals surface area contributed by atoms with Crippen LogP contribution in [0.1, 0.15) is 5.56 Å². The zero-order valence-corrected chi connectivity index (χ0v) is 10.8. The van der Waals surface area contributed by atoms with Crippen molar-refractivity contribution in [2.45, 2.75) is 6.92 Å². The Bertz CT molecular complexity index is 503. The highest BCUT2D eigenvalue weighted by atomic mass is 32.2. The normalized spacial score (nSPS) is 16.9. The Kier molecular flexibility index (Phi) is 2.73. The monoisotopic (exact) mass is 251 g/mol. The van der Waals surface area contributed by atoms with Gasteiger partial charge in [-0.3, -0.25) is 0 Å². The summed E-state index contributed by atoms with van der Waals surface area (Å²) in [5, 5.41) is 3.42. The van der Waals surface area contributed by atoms with E-state index in [1.54, 1.807) is 17.7 Å². The fraction of sp³-hybridized carbons (Fsp3) is 0.455. The standard InChI is InChI=1S/C11H13N3S2/c1-8-6-16-11-9(8)10(12-7-13-11)14-2-4-15-5-3-14/h6-7H,2-5H2,1H3. The minimum absolute atomic E-state index is 1.10. The lowest BCUT2D eigenvalue weighted by atomic mass is 10.2. The Morgan fingerprint density at radius 1 is 1.25 bits per heavy atom. The van der Waals surface area contributed by atoms with Gasteiger partial charge in [0.2, 0.25) is 0 Å². The highest BCUT2D eigenvalue weighted by Gasteiger charge is 2.17. The second-order valence-corrected chi connectivity index (χ2v) is 5.98. The smallest absolute Gasteiger partial charge is 0.141 e. The van der Waals surface area contributed by atoms with E-state index in [0.717, 1.165) is 23.7 Å². The fourth-order valence-electron chi connectivity index (χ4n) is 2.01. The molecular weight excluding hydrogens is 238 g/mol. The van der Waals surface area contributed by atoms with Crippen molar-refractivity contribution in [1.82, 2.24) is 9.97 Å². The summed E-state index contributed by atoms with van der Waals surface area (Å²) in [6.07, 6.45) is 1.69. The Hall–Kier alpha value is -0.810. The third-order valence-corrected chi connectivity index (χ3v) is 4.79. The van der Waals surface area contributed by atoms with Gasteiger partial charge in [-0.1, -0.05) is 0 Å². The van der Waals surface area contributed by atoms with E-state index in [4.69, 9.17) is 0 Å². The van der Waals surface area contributed by atoms with E-state index in [0.29, 0.717) is 0 Å². The van der Waals surface area contributed by atoms with E-state index in [1.807, 2.05) is 11.8 Å². The van der Waals surface area contributed by atoms with Crippen LogP contribution in [0.5, 0.6) is 0 Å². The number of aromatic nitrogens is 2. The summed E-state index contributed by atoms with van der Waals surface area (Å²) >= 11 is 3.73. The summed E-state index contributed by atoms with van der Waals surface area (Å²) in [5.41, 5.74) is 1.30. The van der Waals surface area contributed by atoms with Crippen LogP contribution in [0.4, 0.5) is 5.82 Å². The van der Waals surface area contributed by atoms with E-state index < -0.39 is 0 Å². The van der Waals surface area contributed by atoms with Crippen LogP contribution in [0.15, 0.2) is 11.7 Å². The van der Waals surface area contributed by atoms with E-state index in [2.05, 4.69) is 27.2 Å². The lowest BCUT2D eigenvalue weighted by molar-refractivity contribution is 0.842. The Morgan fingerprint density at radius 3 is 2.88 bits per heavy atom. The highest BCUT2D eigenvalue weighted by molar-refractivity contribution is 7.99. The minimum atomic E-state index is 1.10. The summed E-state index contributed by atoms with van der Waals surface area (Å²) < 4.78 is 0. The molecule has 0 saturated carbocycles. The number of thiophene rings is 1. The molecule has 1 aliphatic rings. The van der Waals surface area contributed by atoms with Gasteiger partial charge in [0.1, 0.15) is 17.0 Å². The van der Waals surface area contributed by atoms with E-state index in [-0.39, 0.29) is 0 Å². The molecule has 0 bridgehead atoms. The van der Waals surface area contributed by atoms with Crippen molar-refractivity contribution in [3.05, 3.63) is 17.3 Å². The van der Waals surface area contributed by atoms with Gasteiger partial charge in [-0.05, 0) is 17.9 Å². The third kappa shape index (κ3) is 1.68. The number of anilines is 1. The molecular formula is C11H13N3S2. The number of rotatable bonds is 1. The highest BCUT2D eigenvalue weighted by Crippen LogP contribution is 2.31.